The molecule has 0 aliphatic rings. The van der Waals surface area contributed by atoms with Gasteiger partial charge in [0.25, 0.3) is 0 Å². The fourth-order valence-corrected chi connectivity index (χ4v) is 4.53. The van der Waals surface area contributed by atoms with Crippen molar-refractivity contribution in [1.82, 2.24) is 14.8 Å². The summed E-state index contributed by atoms with van der Waals surface area (Å²) in [6.45, 7) is 5.06. The molecule has 0 unspecified atom stereocenters. The van der Waals surface area contributed by atoms with Gasteiger partial charge in [-0.1, -0.05) is 58.7 Å². The maximum Gasteiger partial charge on any atom is 0.191 e. The molecule has 1 aromatic heterocycles. The molecular weight excluding hydrogens is 405 g/mol. The van der Waals surface area contributed by atoms with E-state index in [9.17, 15) is 0 Å². The van der Waals surface area contributed by atoms with Gasteiger partial charge in [0, 0.05) is 17.2 Å². The predicted octanol–water partition coefficient (Wildman–Crippen LogP) is 6.50. The average molecular weight is 424 g/mol. The van der Waals surface area contributed by atoms with Gasteiger partial charge in [0.2, 0.25) is 0 Å². The number of benzene rings is 2. The molecule has 2 aromatic carbocycles. The summed E-state index contributed by atoms with van der Waals surface area (Å²) in [5.41, 5.74) is 2.39. The van der Waals surface area contributed by atoms with Crippen LogP contribution in [0.3, 0.4) is 0 Å². The van der Waals surface area contributed by atoms with E-state index in [2.05, 4.69) is 52.9 Å². The predicted molar refractivity (Wildman–Crippen MR) is 112 cm³/mol. The van der Waals surface area contributed by atoms with Gasteiger partial charge in [0.05, 0.1) is 15.8 Å². The maximum atomic E-state index is 6.09. The van der Waals surface area contributed by atoms with Gasteiger partial charge >= 0.3 is 0 Å². The van der Waals surface area contributed by atoms with Gasteiger partial charge in [-0.05, 0) is 43.7 Å². The first-order chi connectivity index (χ1) is 12.6. The van der Waals surface area contributed by atoms with Crippen molar-refractivity contribution in [3.8, 4) is 0 Å². The highest BCUT2D eigenvalue weighted by Gasteiger charge is 2.12. The van der Waals surface area contributed by atoms with Crippen LogP contribution in [0.4, 0.5) is 0 Å². The normalized spacial score (nSPS) is 11.1. The molecular formula is C19H19Cl2N3S2. The van der Waals surface area contributed by atoms with Crippen LogP contribution in [0.15, 0.2) is 52.5 Å². The van der Waals surface area contributed by atoms with Crippen molar-refractivity contribution in [3.63, 3.8) is 0 Å². The molecule has 0 atom stereocenters. The van der Waals surface area contributed by atoms with Crippen LogP contribution in [0, 0.1) is 6.92 Å². The fourth-order valence-electron chi connectivity index (χ4n) is 2.41. The van der Waals surface area contributed by atoms with Gasteiger partial charge in [-0.15, -0.1) is 22.0 Å². The SMILES string of the molecule is CCn1c(CSc2ccc(C)cc2)nnc1SCc1ccc(Cl)c(Cl)c1. The van der Waals surface area contributed by atoms with E-state index < -0.39 is 0 Å². The van der Waals surface area contributed by atoms with Crippen molar-refractivity contribution in [3.05, 3.63) is 69.5 Å². The van der Waals surface area contributed by atoms with Crippen molar-refractivity contribution in [1.29, 1.82) is 0 Å². The lowest BCUT2D eigenvalue weighted by molar-refractivity contribution is 0.659. The van der Waals surface area contributed by atoms with Crippen molar-refractivity contribution < 1.29 is 0 Å². The van der Waals surface area contributed by atoms with Crippen LogP contribution in [-0.4, -0.2) is 14.8 Å². The number of rotatable bonds is 7. The quantitative estimate of drug-likeness (QED) is 0.405. The molecule has 3 aromatic rings. The molecule has 0 spiro atoms. The Kier molecular flexibility index (Phi) is 6.92. The molecule has 0 N–H and O–H groups in total. The van der Waals surface area contributed by atoms with Gasteiger partial charge in [-0.2, -0.15) is 0 Å². The first-order valence-electron chi connectivity index (χ1n) is 8.25. The minimum atomic E-state index is 0.576. The summed E-state index contributed by atoms with van der Waals surface area (Å²) in [6.07, 6.45) is 0. The minimum absolute atomic E-state index is 0.576. The maximum absolute atomic E-state index is 6.09. The third-order valence-electron chi connectivity index (χ3n) is 3.85. The molecule has 7 heteroatoms. The zero-order chi connectivity index (χ0) is 18.5. The third-order valence-corrected chi connectivity index (χ3v) is 6.64. The number of hydrogen-bond donors (Lipinski definition) is 0. The number of aromatic nitrogens is 3. The Morgan fingerprint density at radius 2 is 1.69 bits per heavy atom. The first kappa shape index (κ1) is 19.6. The van der Waals surface area contributed by atoms with Crippen LogP contribution in [0.1, 0.15) is 23.9 Å². The lowest BCUT2D eigenvalue weighted by Gasteiger charge is -2.08. The van der Waals surface area contributed by atoms with Gasteiger partial charge in [-0.25, -0.2) is 0 Å². The van der Waals surface area contributed by atoms with E-state index in [-0.39, 0.29) is 0 Å². The molecule has 0 fully saturated rings. The van der Waals surface area contributed by atoms with E-state index in [1.54, 1.807) is 23.5 Å². The molecule has 0 amide bonds. The van der Waals surface area contributed by atoms with Crippen molar-refractivity contribution in [2.75, 3.05) is 0 Å². The summed E-state index contributed by atoms with van der Waals surface area (Å²) >= 11 is 15.5. The molecule has 0 bridgehead atoms. The molecule has 1 heterocycles. The van der Waals surface area contributed by atoms with Gasteiger partial charge in [0.1, 0.15) is 5.82 Å². The summed E-state index contributed by atoms with van der Waals surface area (Å²) < 4.78 is 2.17. The number of aryl methyl sites for hydroxylation is 1. The second kappa shape index (κ2) is 9.18. The van der Waals surface area contributed by atoms with Gasteiger partial charge in [-0.3, -0.25) is 0 Å². The molecule has 0 aliphatic carbocycles. The third kappa shape index (κ3) is 4.97. The topological polar surface area (TPSA) is 30.7 Å². The largest absolute Gasteiger partial charge is 0.306 e. The average Bonchev–Trinajstić information content (AvgIpc) is 3.04. The highest BCUT2D eigenvalue weighted by Crippen LogP contribution is 2.28. The van der Waals surface area contributed by atoms with Gasteiger partial charge < -0.3 is 4.57 Å². The Balaban J connectivity index is 1.65. The molecule has 136 valence electrons. The number of halogens is 2. The molecule has 0 radical (unpaired) electrons. The van der Waals surface area contributed by atoms with Crippen LogP contribution in [-0.2, 0) is 18.1 Å². The van der Waals surface area contributed by atoms with Crippen LogP contribution in [0.5, 0.6) is 0 Å². The van der Waals surface area contributed by atoms with E-state index in [1.807, 2.05) is 18.2 Å². The number of hydrogen-bond acceptors (Lipinski definition) is 4. The second-order valence-corrected chi connectivity index (χ2v) is 8.59. The van der Waals surface area contributed by atoms with Crippen LogP contribution in [0.2, 0.25) is 10.0 Å². The highest BCUT2D eigenvalue weighted by molar-refractivity contribution is 7.98. The first-order valence-corrected chi connectivity index (χ1v) is 11.0. The van der Waals surface area contributed by atoms with E-state index in [1.165, 1.54) is 10.5 Å². The Morgan fingerprint density at radius 1 is 0.923 bits per heavy atom. The molecule has 0 saturated heterocycles. The van der Waals surface area contributed by atoms with E-state index in [0.717, 1.165) is 34.6 Å². The smallest absolute Gasteiger partial charge is 0.191 e. The van der Waals surface area contributed by atoms with E-state index in [0.29, 0.717) is 10.0 Å². The highest BCUT2D eigenvalue weighted by atomic mass is 35.5. The summed E-state index contributed by atoms with van der Waals surface area (Å²) in [7, 11) is 0. The van der Waals surface area contributed by atoms with E-state index in [4.69, 9.17) is 23.2 Å². The molecule has 3 nitrogen and oxygen atoms in total. The Hall–Kier alpha value is -1.14. The Morgan fingerprint density at radius 3 is 2.38 bits per heavy atom. The molecule has 0 saturated carbocycles. The molecule has 0 aliphatic heterocycles. The van der Waals surface area contributed by atoms with Crippen LogP contribution >= 0.6 is 46.7 Å². The lowest BCUT2D eigenvalue weighted by Crippen LogP contribution is -2.02. The van der Waals surface area contributed by atoms with Crippen molar-refractivity contribution in [2.45, 2.75) is 41.9 Å². The zero-order valence-electron chi connectivity index (χ0n) is 14.6. The Labute approximate surface area is 172 Å². The minimum Gasteiger partial charge on any atom is -0.306 e. The monoisotopic (exact) mass is 423 g/mol. The standard InChI is InChI=1S/C19H19Cl2N3S2/c1-3-24-18(12-25-15-7-4-13(2)5-8-15)22-23-19(24)26-11-14-6-9-16(20)17(21)10-14/h4-10H,3,11-12H2,1-2H3. The molecule has 26 heavy (non-hydrogen) atoms. The summed E-state index contributed by atoms with van der Waals surface area (Å²) in [5.74, 6) is 2.58. The Bertz CT molecular complexity index is 879. The summed E-state index contributed by atoms with van der Waals surface area (Å²) in [4.78, 5) is 1.24. The van der Waals surface area contributed by atoms with E-state index >= 15 is 0 Å². The van der Waals surface area contributed by atoms with Crippen LogP contribution in [0.25, 0.3) is 0 Å². The van der Waals surface area contributed by atoms with Crippen LogP contribution < -0.4 is 0 Å². The number of thioether (sulfide) groups is 2. The van der Waals surface area contributed by atoms with Crippen molar-refractivity contribution in [2.24, 2.45) is 0 Å². The molecule has 3 rings (SSSR count). The summed E-state index contributed by atoms with van der Waals surface area (Å²) in [6, 6.07) is 14.3. The van der Waals surface area contributed by atoms with Crippen molar-refractivity contribution >= 4 is 46.7 Å². The zero-order valence-corrected chi connectivity index (χ0v) is 17.7. The van der Waals surface area contributed by atoms with Gasteiger partial charge in [0.15, 0.2) is 5.16 Å². The number of nitrogens with zero attached hydrogens (tertiary/aromatic N) is 3. The lowest BCUT2D eigenvalue weighted by atomic mass is 10.2. The second-order valence-electron chi connectivity index (χ2n) is 5.78. The fraction of sp³-hybridized carbons (Fsp3) is 0.263. The summed E-state index contributed by atoms with van der Waals surface area (Å²) in [5, 5.41) is 10.8.